The molecule has 0 aliphatic heterocycles. The third-order valence-corrected chi connectivity index (χ3v) is 2.81. The first-order valence-electron chi connectivity index (χ1n) is 4.12. The first kappa shape index (κ1) is 8.31. The van der Waals surface area contributed by atoms with Crippen molar-refractivity contribution in [3.8, 4) is 0 Å². The Balaban J connectivity index is 1.97. The lowest BCUT2D eigenvalue weighted by Gasteiger charge is -2.05. The van der Waals surface area contributed by atoms with Gasteiger partial charge in [0, 0.05) is 17.3 Å². The molecule has 0 atom stereocenters. The summed E-state index contributed by atoms with van der Waals surface area (Å²) in [6.07, 6.45) is 3.97. The lowest BCUT2D eigenvalue weighted by atomic mass is 10.4. The minimum Gasteiger partial charge on any atom is -0.321 e. The fourth-order valence-electron chi connectivity index (χ4n) is 1.10. The number of thiazole rings is 1. The molecule has 0 unspecified atom stereocenters. The predicted molar refractivity (Wildman–Crippen MR) is 54.3 cm³/mol. The smallest absolute Gasteiger partial charge is 0.0798 e. The van der Waals surface area contributed by atoms with E-state index in [4.69, 9.17) is 0 Å². The molecule has 2 aromatic heterocycles. The summed E-state index contributed by atoms with van der Waals surface area (Å²) in [6.45, 7) is 2.87. The fourth-order valence-corrected chi connectivity index (χ4v) is 1.81. The van der Waals surface area contributed by atoms with Gasteiger partial charge in [-0.1, -0.05) is 0 Å². The summed E-state index contributed by atoms with van der Waals surface area (Å²) in [5, 5.41) is 0. The van der Waals surface area contributed by atoms with E-state index in [0.717, 1.165) is 12.2 Å². The highest BCUT2D eigenvalue weighted by molar-refractivity contribution is 7.09. The van der Waals surface area contributed by atoms with Crippen molar-refractivity contribution in [3.05, 3.63) is 40.6 Å². The Morgan fingerprint density at radius 1 is 1.46 bits per heavy atom. The number of aromatic nitrogens is 2. The monoisotopic (exact) mass is 193 g/mol. The average Bonchev–Trinajstić information content (AvgIpc) is 2.72. The number of hydrogen-bond donors (Lipinski definition) is 1. The molecule has 2 heterocycles. The number of nitrogens with zero attached hydrogens (tertiary/aromatic N) is 2. The lowest BCUT2D eigenvalue weighted by molar-refractivity contribution is 0.850. The second-order valence-corrected chi connectivity index (χ2v) is 3.73. The Hall–Kier alpha value is -1.29. The molecule has 0 aliphatic rings. The van der Waals surface area contributed by atoms with Crippen molar-refractivity contribution in [2.75, 3.05) is 5.43 Å². The highest BCUT2D eigenvalue weighted by Crippen LogP contribution is 2.11. The molecule has 0 amide bonds. The van der Waals surface area contributed by atoms with Crippen LogP contribution in [-0.4, -0.2) is 9.66 Å². The van der Waals surface area contributed by atoms with Crippen molar-refractivity contribution in [1.29, 1.82) is 0 Å². The van der Waals surface area contributed by atoms with Crippen molar-refractivity contribution in [3.63, 3.8) is 0 Å². The summed E-state index contributed by atoms with van der Waals surface area (Å²) in [4.78, 5) is 5.47. The van der Waals surface area contributed by atoms with Gasteiger partial charge in [-0.2, -0.15) is 0 Å². The molecule has 2 aromatic rings. The molecule has 0 saturated carbocycles. The van der Waals surface area contributed by atoms with Crippen LogP contribution in [0.2, 0.25) is 0 Å². The van der Waals surface area contributed by atoms with Crippen LogP contribution in [-0.2, 0) is 6.54 Å². The molecule has 0 fully saturated rings. The van der Waals surface area contributed by atoms with Crippen LogP contribution in [0.1, 0.15) is 10.6 Å². The molecule has 4 heteroatoms. The molecule has 0 spiro atoms. The highest BCUT2D eigenvalue weighted by atomic mass is 32.1. The van der Waals surface area contributed by atoms with Crippen LogP contribution in [0.5, 0.6) is 0 Å². The molecule has 0 bridgehead atoms. The molecule has 0 saturated heterocycles. The second-order valence-electron chi connectivity index (χ2n) is 2.79. The minimum atomic E-state index is 0.838. The first-order valence-corrected chi connectivity index (χ1v) is 5.00. The zero-order valence-electron chi connectivity index (χ0n) is 7.40. The van der Waals surface area contributed by atoms with Gasteiger partial charge in [-0.05, 0) is 19.1 Å². The summed E-state index contributed by atoms with van der Waals surface area (Å²) in [7, 11) is 0. The Morgan fingerprint density at radius 3 is 2.85 bits per heavy atom. The summed E-state index contributed by atoms with van der Waals surface area (Å²) in [5.41, 5.74) is 6.25. The van der Waals surface area contributed by atoms with Gasteiger partial charge in [-0.15, -0.1) is 11.3 Å². The quantitative estimate of drug-likeness (QED) is 0.808. The van der Waals surface area contributed by atoms with Crippen LogP contribution in [0.15, 0.2) is 30.0 Å². The summed E-state index contributed by atoms with van der Waals surface area (Å²) in [6, 6.07) is 3.99. The molecule has 2 rings (SSSR count). The maximum Gasteiger partial charge on any atom is 0.0798 e. The third-order valence-electron chi connectivity index (χ3n) is 1.87. The third kappa shape index (κ3) is 1.89. The maximum absolute atomic E-state index is 4.19. The van der Waals surface area contributed by atoms with E-state index >= 15 is 0 Å². The molecular formula is C9H11N3S. The SMILES string of the molecule is Cc1ncsc1CNn1cccc1. The van der Waals surface area contributed by atoms with Crippen LogP contribution in [0.3, 0.4) is 0 Å². The normalized spacial score (nSPS) is 10.2. The molecular weight excluding hydrogens is 182 g/mol. The largest absolute Gasteiger partial charge is 0.321 e. The zero-order chi connectivity index (χ0) is 9.10. The van der Waals surface area contributed by atoms with E-state index in [1.807, 2.05) is 41.6 Å². The van der Waals surface area contributed by atoms with Crippen molar-refractivity contribution >= 4 is 11.3 Å². The second kappa shape index (κ2) is 3.62. The molecule has 13 heavy (non-hydrogen) atoms. The molecule has 0 aliphatic carbocycles. The van der Waals surface area contributed by atoms with Crippen molar-refractivity contribution < 1.29 is 0 Å². The number of nitrogens with one attached hydrogen (secondary N) is 1. The van der Waals surface area contributed by atoms with Crippen LogP contribution < -0.4 is 5.43 Å². The van der Waals surface area contributed by atoms with Crippen LogP contribution in [0.25, 0.3) is 0 Å². The first-order chi connectivity index (χ1) is 6.36. The van der Waals surface area contributed by atoms with Crippen LogP contribution in [0.4, 0.5) is 0 Å². The standard InChI is InChI=1S/C9H11N3S/c1-8-9(13-7-10-8)6-11-12-4-2-3-5-12/h2-5,7,11H,6H2,1H3. The van der Waals surface area contributed by atoms with E-state index in [1.54, 1.807) is 11.3 Å². The van der Waals surface area contributed by atoms with Gasteiger partial charge in [0.2, 0.25) is 0 Å². The topological polar surface area (TPSA) is 29.9 Å². The number of rotatable bonds is 3. The molecule has 68 valence electrons. The zero-order valence-corrected chi connectivity index (χ0v) is 8.21. The molecule has 1 N–H and O–H groups in total. The highest BCUT2D eigenvalue weighted by Gasteiger charge is 1.99. The van der Waals surface area contributed by atoms with Crippen molar-refractivity contribution in [2.45, 2.75) is 13.5 Å². The Morgan fingerprint density at radius 2 is 2.23 bits per heavy atom. The van der Waals surface area contributed by atoms with E-state index in [1.165, 1.54) is 4.88 Å². The predicted octanol–water partition coefficient (Wildman–Crippen LogP) is 2.00. The Labute approximate surface area is 81.0 Å². The fraction of sp³-hybridized carbons (Fsp3) is 0.222. The Kier molecular flexibility index (Phi) is 2.31. The average molecular weight is 193 g/mol. The van der Waals surface area contributed by atoms with Gasteiger partial charge in [0.25, 0.3) is 0 Å². The van der Waals surface area contributed by atoms with Gasteiger partial charge in [0.15, 0.2) is 0 Å². The van der Waals surface area contributed by atoms with E-state index in [0.29, 0.717) is 0 Å². The van der Waals surface area contributed by atoms with Gasteiger partial charge < -0.3 is 5.43 Å². The van der Waals surface area contributed by atoms with Crippen molar-refractivity contribution in [1.82, 2.24) is 9.66 Å². The van der Waals surface area contributed by atoms with Crippen molar-refractivity contribution in [2.24, 2.45) is 0 Å². The maximum atomic E-state index is 4.19. The van der Waals surface area contributed by atoms with E-state index in [-0.39, 0.29) is 0 Å². The van der Waals surface area contributed by atoms with E-state index in [9.17, 15) is 0 Å². The summed E-state index contributed by atoms with van der Waals surface area (Å²) in [5.74, 6) is 0. The number of hydrogen-bond acceptors (Lipinski definition) is 3. The van der Waals surface area contributed by atoms with Crippen LogP contribution in [0, 0.1) is 6.92 Å². The van der Waals surface area contributed by atoms with Gasteiger partial charge in [0.05, 0.1) is 17.7 Å². The minimum absolute atomic E-state index is 0.838. The molecule has 3 nitrogen and oxygen atoms in total. The van der Waals surface area contributed by atoms with Gasteiger partial charge in [0.1, 0.15) is 0 Å². The number of aryl methyl sites for hydroxylation is 1. The van der Waals surface area contributed by atoms with Crippen LogP contribution >= 0.6 is 11.3 Å². The van der Waals surface area contributed by atoms with E-state index < -0.39 is 0 Å². The van der Waals surface area contributed by atoms with Gasteiger partial charge in [-0.25, -0.2) is 4.98 Å². The summed E-state index contributed by atoms with van der Waals surface area (Å²) < 4.78 is 1.94. The van der Waals surface area contributed by atoms with Gasteiger partial charge in [-0.3, -0.25) is 4.68 Å². The lowest BCUT2D eigenvalue weighted by Crippen LogP contribution is -2.11. The Bertz CT molecular complexity index is 364. The molecule has 0 radical (unpaired) electrons. The summed E-state index contributed by atoms with van der Waals surface area (Å²) >= 11 is 1.68. The van der Waals surface area contributed by atoms with Gasteiger partial charge >= 0.3 is 0 Å². The molecule has 0 aromatic carbocycles. The van der Waals surface area contributed by atoms with E-state index in [2.05, 4.69) is 10.4 Å².